The highest BCUT2D eigenvalue weighted by Gasteiger charge is 2.47. The zero-order valence-corrected chi connectivity index (χ0v) is 35.7. The number of hydrogen-bond donors (Lipinski definition) is 7. The average molecular weight is 843 g/mol. The molecule has 0 saturated carbocycles. The molecule has 0 aliphatic carbocycles. The summed E-state index contributed by atoms with van der Waals surface area (Å²) in [6.07, 6.45) is 19.0. The number of esters is 1. The summed E-state index contributed by atoms with van der Waals surface area (Å²) in [5.74, 6) is -0.411. The highest BCUT2D eigenvalue weighted by molar-refractivity contribution is 5.69. The molecule has 0 aromatic carbocycles. The van der Waals surface area contributed by atoms with E-state index in [0.717, 1.165) is 70.6 Å². The van der Waals surface area contributed by atoms with Crippen molar-refractivity contribution in [3.05, 3.63) is 48.6 Å². The van der Waals surface area contributed by atoms with Crippen LogP contribution < -0.4 is 0 Å². The van der Waals surface area contributed by atoms with Crippen molar-refractivity contribution in [2.24, 2.45) is 0 Å². The lowest BCUT2D eigenvalue weighted by atomic mass is 9.98. The standard InChI is InChI=1S/C45H78O14/c1-3-5-7-9-11-13-15-17-18-20-22-24-26-28-37(47)57-34(31-54-29-27-25-23-21-19-16-14-12-10-8-6-4-2)32-55-44-43(53)41(51)39(49)36(59-44)33-56-45-42(52)40(50)38(48)35(30-46)58-45/h5,7,10-13,17-18,34-36,38-46,48-53H,3-4,6,8-9,14-16,19-33H2,1-2H3/b7-5-,12-10-,13-11-,18-17-. The van der Waals surface area contributed by atoms with Gasteiger partial charge in [0.2, 0.25) is 0 Å². The zero-order chi connectivity index (χ0) is 43.1. The third-order valence-electron chi connectivity index (χ3n) is 10.3. The lowest BCUT2D eigenvalue weighted by molar-refractivity contribution is -0.332. The van der Waals surface area contributed by atoms with Crippen LogP contribution in [0.2, 0.25) is 0 Å². The molecule has 0 bridgehead atoms. The molecule has 7 N–H and O–H groups in total. The molecule has 2 fully saturated rings. The molecule has 14 nitrogen and oxygen atoms in total. The first-order chi connectivity index (χ1) is 28.6. The fourth-order valence-corrected chi connectivity index (χ4v) is 6.63. The molecule has 2 heterocycles. The van der Waals surface area contributed by atoms with Gasteiger partial charge in [-0.25, -0.2) is 0 Å². The van der Waals surface area contributed by atoms with Crippen molar-refractivity contribution >= 4 is 5.97 Å². The number of carbonyl (C=O) groups is 1. The SMILES string of the molecule is CC/C=C\C/C=C\C/C=C\CCCCCC(=O)OC(COCCCCCCCC/C=C\CCCC)COC1OC(COC2OC(CO)C(O)C(O)C2O)C(O)C(O)C1O. The smallest absolute Gasteiger partial charge is 0.306 e. The minimum absolute atomic E-state index is 0.0435. The number of allylic oxidation sites excluding steroid dienone is 8. The third-order valence-corrected chi connectivity index (χ3v) is 10.3. The molecule has 0 radical (unpaired) electrons. The molecule has 11 unspecified atom stereocenters. The van der Waals surface area contributed by atoms with Gasteiger partial charge in [-0.1, -0.05) is 107 Å². The third kappa shape index (κ3) is 22.6. The molecule has 2 saturated heterocycles. The number of hydrogen-bond acceptors (Lipinski definition) is 14. The van der Waals surface area contributed by atoms with Gasteiger partial charge < -0.3 is 64.2 Å². The molecule has 0 aromatic heterocycles. The number of rotatable bonds is 33. The highest BCUT2D eigenvalue weighted by Crippen LogP contribution is 2.26. The Morgan fingerprint density at radius 3 is 1.75 bits per heavy atom. The van der Waals surface area contributed by atoms with Crippen LogP contribution in [0.3, 0.4) is 0 Å². The van der Waals surface area contributed by atoms with Crippen molar-refractivity contribution in [3.8, 4) is 0 Å². The largest absolute Gasteiger partial charge is 0.457 e. The Kier molecular flexibility index (Phi) is 30.2. The summed E-state index contributed by atoms with van der Waals surface area (Å²) in [6, 6.07) is 0. The van der Waals surface area contributed by atoms with Crippen LogP contribution in [0.25, 0.3) is 0 Å². The predicted molar refractivity (Wildman–Crippen MR) is 224 cm³/mol. The van der Waals surface area contributed by atoms with E-state index in [1.54, 1.807) is 0 Å². The number of aliphatic hydroxyl groups is 7. The molecule has 342 valence electrons. The fourth-order valence-electron chi connectivity index (χ4n) is 6.63. The summed E-state index contributed by atoms with van der Waals surface area (Å²) in [4.78, 5) is 12.9. The van der Waals surface area contributed by atoms with Crippen LogP contribution in [0.5, 0.6) is 0 Å². The van der Waals surface area contributed by atoms with Crippen LogP contribution in [0.1, 0.15) is 129 Å². The number of aliphatic hydroxyl groups excluding tert-OH is 7. The summed E-state index contributed by atoms with van der Waals surface area (Å²) in [6.45, 7) is 3.45. The summed E-state index contributed by atoms with van der Waals surface area (Å²) in [7, 11) is 0. The quantitative estimate of drug-likeness (QED) is 0.0268. The van der Waals surface area contributed by atoms with E-state index >= 15 is 0 Å². The molecule has 0 spiro atoms. The zero-order valence-electron chi connectivity index (χ0n) is 35.7. The Morgan fingerprint density at radius 2 is 1.10 bits per heavy atom. The van der Waals surface area contributed by atoms with Gasteiger partial charge in [0, 0.05) is 13.0 Å². The van der Waals surface area contributed by atoms with Gasteiger partial charge in [0.15, 0.2) is 12.6 Å². The van der Waals surface area contributed by atoms with Crippen molar-refractivity contribution in [1.29, 1.82) is 0 Å². The fraction of sp³-hybridized carbons (Fsp3) is 0.800. The predicted octanol–water partition coefficient (Wildman–Crippen LogP) is 4.84. The molecule has 14 heteroatoms. The van der Waals surface area contributed by atoms with Gasteiger partial charge >= 0.3 is 5.97 Å². The topological polar surface area (TPSA) is 214 Å². The van der Waals surface area contributed by atoms with E-state index < -0.39 is 86.7 Å². The summed E-state index contributed by atoms with van der Waals surface area (Å²) in [5.41, 5.74) is 0. The van der Waals surface area contributed by atoms with E-state index in [1.165, 1.54) is 32.1 Å². The molecule has 0 aromatic rings. The first-order valence-corrected chi connectivity index (χ1v) is 22.2. The molecule has 0 amide bonds. The normalized spacial score (nSPS) is 28.4. The number of carbonyl (C=O) groups excluding carboxylic acids is 1. The second kappa shape index (κ2) is 33.6. The Bertz CT molecular complexity index is 1160. The van der Waals surface area contributed by atoms with E-state index in [0.29, 0.717) is 13.0 Å². The van der Waals surface area contributed by atoms with Crippen LogP contribution in [-0.4, -0.2) is 142 Å². The molecular formula is C45H78O14. The monoisotopic (exact) mass is 843 g/mol. The second-order valence-corrected chi connectivity index (χ2v) is 15.5. The maximum atomic E-state index is 12.9. The van der Waals surface area contributed by atoms with E-state index in [-0.39, 0.29) is 19.6 Å². The summed E-state index contributed by atoms with van der Waals surface area (Å²) < 4.78 is 34.1. The van der Waals surface area contributed by atoms with E-state index in [2.05, 4.69) is 62.5 Å². The Labute approximate surface area is 352 Å². The Balaban J connectivity index is 1.85. The maximum Gasteiger partial charge on any atom is 0.306 e. The summed E-state index contributed by atoms with van der Waals surface area (Å²) >= 11 is 0. The molecule has 2 rings (SSSR count). The van der Waals surface area contributed by atoms with Gasteiger partial charge in [-0.3, -0.25) is 4.79 Å². The molecule has 11 atom stereocenters. The van der Waals surface area contributed by atoms with Gasteiger partial charge in [0.05, 0.1) is 26.4 Å². The molecular weight excluding hydrogens is 764 g/mol. The van der Waals surface area contributed by atoms with Gasteiger partial charge in [0.25, 0.3) is 0 Å². The molecule has 2 aliphatic heterocycles. The highest BCUT2D eigenvalue weighted by atomic mass is 16.7. The van der Waals surface area contributed by atoms with Crippen molar-refractivity contribution in [1.82, 2.24) is 0 Å². The minimum atomic E-state index is -1.71. The van der Waals surface area contributed by atoms with E-state index in [1.807, 2.05) is 0 Å². The Morgan fingerprint density at radius 1 is 0.576 bits per heavy atom. The molecule has 2 aliphatic rings. The summed E-state index contributed by atoms with van der Waals surface area (Å²) in [5, 5.41) is 71.8. The van der Waals surface area contributed by atoms with Crippen LogP contribution in [-0.2, 0) is 33.2 Å². The van der Waals surface area contributed by atoms with Crippen LogP contribution in [0, 0.1) is 0 Å². The Hall–Kier alpha value is -2.05. The van der Waals surface area contributed by atoms with Gasteiger partial charge in [-0.15, -0.1) is 0 Å². The molecule has 59 heavy (non-hydrogen) atoms. The van der Waals surface area contributed by atoms with Crippen molar-refractivity contribution in [3.63, 3.8) is 0 Å². The van der Waals surface area contributed by atoms with Gasteiger partial charge in [-0.2, -0.15) is 0 Å². The van der Waals surface area contributed by atoms with Gasteiger partial charge in [0.1, 0.15) is 54.9 Å². The van der Waals surface area contributed by atoms with Crippen LogP contribution in [0.4, 0.5) is 0 Å². The number of unbranched alkanes of at least 4 members (excludes halogenated alkanes) is 11. The van der Waals surface area contributed by atoms with Crippen molar-refractivity contribution in [2.75, 3.05) is 33.0 Å². The first-order valence-electron chi connectivity index (χ1n) is 22.2. The lowest BCUT2D eigenvalue weighted by Gasteiger charge is -2.42. The van der Waals surface area contributed by atoms with Gasteiger partial charge in [-0.05, 0) is 64.2 Å². The van der Waals surface area contributed by atoms with Crippen molar-refractivity contribution < 1.29 is 69.0 Å². The average Bonchev–Trinajstić information content (AvgIpc) is 3.23. The second-order valence-electron chi connectivity index (χ2n) is 15.5. The van der Waals surface area contributed by atoms with Crippen LogP contribution in [0.15, 0.2) is 48.6 Å². The minimum Gasteiger partial charge on any atom is -0.457 e. The van der Waals surface area contributed by atoms with Crippen molar-refractivity contribution in [2.45, 2.75) is 197 Å². The van der Waals surface area contributed by atoms with E-state index in [4.69, 9.17) is 28.4 Å². The maximum absolute atomic E-state index is 12.9. The van der Waals surface area contributed by atoms with E-state index in [9.17, 15) is 40.5 Å². The first kappa shape index (κ1) is 53.1. The van der Waals surface area contributed by atoms with Crippen LogP contribution >= 0.6 is 0 Å². The number of ether oxygens (including phenoxy) is 6. The lowest BCUT2D eigenvalue weighted by Crippen LogP contribution is -2.61.